The molecule has 2 aromatic rings. The molecule has 0 aliphatic carbocycles. The molecule has 3 N–H and O–H groups in total. The van der Waals surface area contributed by atoms with Crippen molar-refractivity contribution in [3.05, 3.63) is 47.3 Å². The summed E-state index contributed by atoms with van der Waals surface area (Å²) < 4.78 is 1.94. The van der Waals surface area contributed by atoms with Crippen molar-refractivity contribution in [1.82, 2.24) is 25.7 Å². The molecule has 154 valence electrons. The van der Waals surface area contributed by atoms with Gasteiger partial charge < -0.3 is 16.0 Å². The standard InChI is InChI=1S/C20H30N6O.HI/c1-5-11-22-19(27)14-24-20(21-6-2)23-13-17-9-7-8-10-18(17)26-16(4)12-15(3)25-26;/h7-10,12H,5-6,11,13-14H2,1-4H3,(H,22,27)(H2,21,23,24);1H. The molecule has 0 bridgehead atoms. The van der Waals surface area contributed by atoms with Gasteiger partial charge in [0, 0.05) is 18.8 Å². The van der Waals surface area contributed by atoms with Crippen LogP contribution in [0.3, 0.4) is 0 Å². The predicted molar refractivity (Wildman–Crippen MR) is 125 cm³/mol. The smallest absolute Gasteiger partial charge is 0.239 e. The first-order valence-corrected chi connectivity index (χ1v) is 9.45. The number of carbonyl (C=O) groups excluding carboxylic acids is 1. The number of hydrogen-bond donors (Lipinski definition) is 3. The second kappa shape index (κ2) is 12.4. The Bertz CT molecular complexity index is 787. The SMILES string of the molecule is CCCNC(=O)CNC(=NCc1ccccc1-n1nc(C)cc1C)NCC.I. The molecule has 0 unspecified atom stereocenters. The van der Waals surface area contributed by atoms with Gasteiger partial charge in [-0.15, -0.1) is 24.0 Å². The molecule has 0 saturated heterocycles. The molecule has 1 heterocycles. The highest BCUT2D eigenvalue weighted by atomic mass is 127. The fourth-order valence-electron chi connectivity index (χ4n) is 2.72. The highest BCUT2D eigenvalue weighted by Crippen LogP contribution is 2.17. The van der Waals surface area contributed by atoms with E-state index in [1.165, 1.54) is 0 Å². The summed E-state index contributed by atoms with van der Waals surface area (Å²) in [7, 11) is 0. The first-order valence-electron chi connectivity index (χ1n) is 9.45. The van der Waals surface area contributed by atoms with Crippen LogP contribution in [0.1, 0.15) is 37.2 Å². The van der Waals surface area contributed by atoms with Gasteiger partial charge in [-0.25, -0.2) is 9.67 Å². The van der Waals surface area contributed by atoms with Crippen molar-refractivity contribution in [2.45, 2.75) is 40.7 Å². The Morgan fingerprint density at radius 2 is 1.89 bits per heavy atom. The minimum Gasteiger partial charge on any atom is -0.357 e. The highest BCUT2D eigenvalue weighted by molar-refractivity contribution is 14.0. The van der Waals surface area contributed by atoms with Crippen LogP contribution in [-0.4, -0.2) is 41.3 Å². The van der Waals surface area contributed by atoms with Crippen molar-refractivity contribution in [2.75, 3.05) is 19.6 Å². The van der Waals surface area contributed by atoms with Gasteiger partial charge in [-0.1, -0.05) is 25.1 Å². The molecule has 2 rings (SSSR count). The third-order valence-electron chi connectivity index (χ3n) is 3.97. The monoisotopic (exact) mass is 498 g/mol. The molecule has 0 aliphatic rings. The summed E-state index contributed by atoms with van der Waals surface area (Å²) in [6, 6.07) is 10.1. The number of hydrogen-bond acceptors (Lipinski definition) is 3. The van der Waals surface area contributed by atoms with E-state index in [2.05, 4.69) is 32.1 Å². The number of guanidine groups is 1. The van der Waals surface area contributed by atoms with Crippen molar-refractivity contribution in [1.29, 1.82) is 0 Å². The second-order valence-corrected chi connectivity index (χ2v) is 6.37. The maximum absolute atomic E-state index is 11.8. The molecule has 0 fully saturated rings. The van der Waals surface area contributed by atoms with Crippen molar-refractivity contribution in [3.63, 3.8) is 0 Å². The van der Waals surface area contributed by atoms with Crippen LogP contribution in [0.4, 0.5) is 0 Å². The van der Waals surface area contributed by atoms with Crippen LogP contribution in [0.25, 0.3) is 5.69 Å². The van der Waals surface area contributed by atoms with Crippen LogP contribution in [0.15, 0.2) is 35.3 Å². The normalized spacial score (nSPS) is 10.9. The molecule has 0 saturated carbocycles. The largest absolute Gasteiger partial charge is 0.357 e. The van der Waals surface area contributed by atoms with Crippen molar-refractivity contribution < 1.29 is 4.79 Å². The quantitative estimate of drug-likeness (QED) is 0.297. The van der Waals surface area contributed by atoms with Gasteiger partial charge in [0.25, 0.3) is 0 Å². The zero-order valence-corrected chi connectivity index (χ0v) is 19.4. The summed E-state index contributed by atoms with van der Waals surface area (Å²) in [6.07, 6.45) is 0.920. The molecule has 0 spiro atoms. The predicted octanol–water partition coefficient (Wildman–Crippen LogP) is 2.69. The summed E-state index contributed by atoms with van der Waals surface area (Å²) in [6.45, 7) is 10.1. The zero-order chi connectivity index (χ0) is 19.6. The number of para-hydroxylation sites is 1. The van der Waals surface area contributed by atoms with E-state index >= 15 is 0 Å². The molecule has 7 nitrogen and oxygen atoms in total. The molecule has 28 heavy (non-hydrogen) atoms. The van der Waals surface area contributed by atoms with Crippen LogP contribution in [-0.2, 0) is 11.3 Å². The molecular weight excluding hydrogens is 467 g/mol. The number of rotatable bonds is 8. The summed E-state index contributed by atoms with van der Waals surface area (Å²) >= 11 is 0. The topological polar surface area (TPSA) is 83.3 Å². The van der Waals surface area contributed by atoms with E-state index in [9.17, 15) is 4.79 Å². The van der Waals surface area contributed by atoms with Crippen LogP contribution in [0.2, 0.25) is 0 Å². The number of amides is 1. The highest BCUT2D eigenvalue weighted by Gasteiger charge is 2.09. The molecule has 1 aromatic carbocycles. The van der Waals surface area contributed by atoms with Gasteiger partial charge >= 0.3 is 0 Å². The van der Waals surface area contributed by atoms with Crippen molar-refractivity contribution in [3.8, 4) is 5.69 Å². The summed E-state index contributed by atoms with van der Waals surface area (Å²) in [5.41, 5.74) is 4.15. The Hall–Kier alpha value is -2.10. The number of halogens is 1. The Labute approximate surface area is 184 Å². The van der Waals surface area contributed by atoms with Crippen molar-refractivity contribution in [2.24, 2.45) is 4.99 Å². The number of aryl methyl sites for hydroxylation is 2. The molecule has 1 aromatic heterocycles. The molecular formula is C20H31IN6O. The van der Waals surface area contributed by atoms with E-state index in [-0.39, 0.29) is 36.4 Å². The van der Waals surface area contributed by atoms with E-state index < -0.39 is 0 Å². The molecule has 8 heteroatoms. The number of carbonyl (C=O) groups is 1. The second-order valence-electron chi connectivity index (χ2n) is 6.37. The Balaban J connectivity index is 0.00000392. The lowest BCUT2D eigenvalue weighted by molar-refractivity contribution is -0.120. The van der Waals surface area contributed by atoms with E-state index in [1.54, 1.807) is 0 Å². The first kappa shape index (κ1) is 23.9. The Morgan fingerprint density at radius 1 is 1.14 bits per heavy atom. The fourth-order valence-corrected chi connectivity index (χ4v) is 2.72. The van der Waals surface area contributed by atoms with E-state index in [4.69, 9.17) is 0 Å². The number of nitrogens with one attached hydrogen (secondary N) is 3. The van der Waals surface area contributed by atoms with Gasteiger partial charge in [-0.3, -0.25) is 4.79 Å². The number of nitrogens with zero attached hydrogens (tertiary/aromatic N) is 3. The number of aromatic nitrogens is 2. The Kier molecular flexibility index (Phi) is 10.6. The molecule has 0 radical (unpaired) electrons. The number of benzene rings is 1. The van der Waals surface area contributed by atoms with E-state index in [0.717, 1.165) is 35.6 Å². The average molecular weight is 498 g/mol. The summed E-state index contributed by atoms with van der Waals surface area (Å²) in [5.74, 6) is 0.581. The third-order valence-corrected chi connectivity index (χ3v) is 3.97. The van der Waals surface area contributed by atoms with Gasteiger partial charge in [0.2, 0.25) is 5.91 Å². The molecule has 0 atom stereocenters. The van der Waals surface area contributed by atoms with Gasteiger partial charge in [-0.05, 0) is 44.9 Å². The minimum atomic E-state index is -0.0366. The van der Waals surface area contributed by atoms with Gasteiger partial charge in [0.15, 0.2) is 5.96 Å². The molecule has 0 aliphatic heterocycles. The maximum atomic E-state index is 11.8. The summed E-state index contributed by atoms with van der Waals surface area (Å²) in [5, 5.41) is 13.7. The lowest BCUT2D eigenvalue weighted by Gasteiger charge is -2.13. The van der Waals surface area contributed by atoms with Gasteiger partial charge in [0.05, 0.1) is 24.5 Å². The third kappa shape index (κ3) is 7.14. The minimum absolute atomic E-state index is 0. The Morgan fingerprint density at radius 3 is 2.54 bits per heavy atom. The van der Waals surface area contributed by atoms with Gasteiger partial charge in [-0.2, -0.15) is 5.10 Å². The van der Waals surface area contributed by atoms with Crippen LogP contribution in [0, 0.1) is 13.8 Å². The lowest BCUT2D eigenvalue weighted by Crippen LogP contribution is -2.43. The number of aliphatic imine (C=N–C) groups is 1. The molecule has 1 amide bonds. The average Bonchev–Trinajstić information content (AvgIpc) is 3.00. The zero-order valence-electron chi connectivity index (χ0n) is 17.1. The van der Waals surface area contributed by atoms with Gasteiger partial charge in [0.1, 0.15) is 0 Å². The maximum Gasteiger partial charge on any atom is 0.239 e. The van der Waals surface area contributed by atoms with Crippen LogP contribution >= 0.6 is 24.0 Å². The van der Waals surface area contributed by atoms with Crippen molar-refractivity contribution >= 4 is 35.8 Å². The fraction of sp³-hybridized carbons (Fsp3) is 0.450. The van der Waals surface area contributed by atoms with Crippen LogP contribution < -0.4 is 16.0 Å². The van der Waals surface area contributed by atoms with Crippen LogP contribution in [0.5, 0.6) is 0 Å². The summed E-state index contributed by atoms with van der Waals surface area (Å²) in [4.78, 5) is 16.4. The first-order chi connectivity index (χ1) is 13.0. The van der Waals surface area contributed by atoms with E-state index in [1.807, 2.05) is 56.6 Å². The lowest BCUT2D eigenvalue weighted by atomic mass is 10.2. The van der Waals surface area contributed by atoms with E-state index in [0.29, 0.717) is 19.0 Å².